The summed E-state index contributed by atoms with van der Waals surface area (Å²) in [6, 6.07) is 14.0. The predicted molar refractivity (Wildman–Crippen MR) is 121 cm³/mol. The van der Waals surface area contributed by atoms with Gasteiger partial charge in [-0.25, -0.2) is 0 Å². The van der Waals surface area contributed by atoms with Gasteiger partial charge < -0.3 is 24.1 Å². The van der Waals surface area contributed by atoms with Crippen molar-refractivity contribution in [1.29, 1.82) is 0 Å². The zero-order chi connectivity index (χ0) is 22.0. The van der Waals surface area contributed by atoms with E-state index >= 15 is 0 Å². The highest BCUT2D eigenvalue weighted by atomic mass is 16.5. The number of benzene rings is 2. The fourth-order valence-corrected chi connectivity index (χ4v) is 4.51. The molecule has 164 valence electrons. The molecular formula is C25H30N2O4. The molecule has 6 heteroatoms. The summed E-state index contributed by atoms with van der Waals surface area (Å²) in [7, 11) is 3.28. The third-order valence-electron chi connectivity index (χ3n) is 5.92. The minimum absolute atomic E-state index is 0.0381. The third kappa shape index (κ3) is 4.54. The fraction of sp³-hybridized carbons (Fsp3) is 0.400. The molecule has 1 aliphatic heterocycles. The molecule has 1 aliphatic rings. The monoisotopic (exact) mass is 422 g/mol. The van der Waals surface area contributed by atoms with Crippen LogP contribution in [0.4, 0.5) is 0 Å². The summed E-state index contributed by atoms with van der Waals surface area (Å²) >= 11 is 0. The van der Waals surface area contributed by atoms with Crippen LogP contribution < -0.4 is 9.47 Å². The average molecular weight is 423 g/mol. The van der Waals surface area contributed by atoms with Gasteiger partial charge in [-0.3, -0.25) is 4.79 Å². The van der Waals surface area contributed by atoms with Gasteiger partial charge in [0.15, 0.2) is 0 Å². The van der Waals surface area contributed by atoms with Crippen LogP contribution in [-0.2, 0) is 9.53 Å². The Morgan fingerprint density at radius 3 is 2.39 bits per heavy atom. The second-order valence-corrected chi connectivity index (χ2v) is 8.25. The van der Waals surface area contributed by atoms with E-state index in [4.69, 9.17) is 14.2 Å². The van der Waals surface area contributed by atoms with Crippen molar-refractivity contribution < 1.29 is 19.0 Å². The molecule has 3 aromatic rings. The summed E-state index contributed by atoms with van der Waals surface area (Å²) in [5.41, 5.74) is 3.13. The Morgan fingerprint density at radius 1 is 1.10 bits per heavy atom. The Kier molecular flexibility index (Phi) is 6.18. The lowest BCUT2D eigenvalue weighted by Gasteiger charge is -2.36. The Labute approximate surface area is 183 Å². The number of amides is 1. The molecule has 1 saturated heterocycles. The van der Waals surface area contributed by atoms with Gasteiger partial charge >= 0.3 is 0 Å². The van der Waals surface area contributed by atoms with Crippen molar-refractivity contribution in [3.05, 3.63) is 59.8 Å². The van der Waals surface area contributed by atoms with Crippen molar-refractivity contribution in [2.45, 2.75) is 38.4 Å². The van der Waals surface area contributed by atoms with Crippen molar-refractivity contribution in [1.82, 2.24) is 9.88 Å². The SMILES string of the molecule is COc1cc(OC)cc(C(CC(=O)N2CC(C)OC(C)C2)c2c[nH]c3ccccc23)c1. The molecule has 6 nitrogen and oxygen atoms in total. The molecule has 0 saturated carbocycles. The highest BCUT2D eigenvalue weighted by Crippen LogP contribution is 2.37. The summed E-state index contributed by atoms with van der Waals surface area (Å²) in [6.45, 7) is 5.26. The summed E-state index contributed by atoms with van der Waals surface area (Å²) in [4.78, 5) is 18.7. The minimum Gasteiger partial charge on any atom is -0.497 e. The van der Waals surface area contributed by atoms with E-state index in [2.05, 4.69) is 17.1 Å². The molecule has 1 aromatic heterocycles. The summed E-state index contributed by atoms with van der Waals surface area (Å²) in [6.07, 6.45) is 2.45. The van der Waals surface area contributed by atoms with E-state index in [0.717, 1.165) is 22.0 Å². The van der Waals surface area contributed by atoms with Crippen molar-refractivity contribution >= 4 is 16.8 Å². The van der Waals surface area contributed by atoms with Crippen LogP contribution in [0.5, 0.6) is 11.5 Å². The van der Waals surface area contributed by atoms with E-state index in [1.807, 2.05) is 55.3 Å². The number of nitrogens with zero attached hydrogens (tertiary/aromatic N) is 1. The fourth-order valence-electron chi connectivity index (χ4n) is 4.51. The molecule has 0 radical (unpaired) electrons. The number of methoxy groups -OCH3 is 2. The number of rotatable bonds is 6. The molecule has 0 aliphatic carbocycles. The smallest absolute Gasteiger partial charge is 0.223 e. The number of ether oxygens (including phenoxy) is 3. The van der Waals surface area contributed by atoms with E-state index in [9.17, 15) is 4.79 Å². The number of fused-ring (bicyclic) bond motifs is 1. The molecule has 0 spiro atoms. The largest absolute Gasteiger partial charge is 0.497 e. The predicted octanol–water partition coefficient (Wildman–Crippen LogP) is 4.34. The van der Waals surface area contributed by atoms with E-state index in [0.29, 0.717) is 31.0 Å². The van der Waals surface area contributed by atoms with Crippen molar-refractivity contribution in [3.8, 4) is 11.5 Å². The number of para-hydroxylation sites is 1. The number of H-pyrrole nitrogens is 1. The van der Waals surface area contributed by atoms with Crippen LogP contribution in [0.15, 0.2) is 48.7 Å². The summed E-state index contributed by atoms with van der Waals surface area (Å²) in [5.74, 6) is 1.40. The van der Waals surface area contributed by atoms with Crippen LogP contribution >= 0.6 is 0 Å². The van der Waals surface area contributed by atoms with Crippen LogP contribution in [0.25, 0.3) is 10.9 Å². The molecule has 1 fully saturated rings. The maximum atomic E-state index is 13.4. The van der Waals surface area contributed by atoms with E-state index in [-0.39, 0.29) is 24.0 Å². The highest BCUT2D eigenvalue weighted by Gasteiger charge is 2.29. The molecule has 3 atom stereocenters. The van der Waals surface area contributed by atoms with Crippen LogP contribution in [0.2, 0.25) is 0 Å². The molecule has 1 amide bonds. The van der Waals surface area contributed by atoms with E-state index < -0.39 is 0 Å². The number of hydrogen-bond donors (Lipinski definition) is 1. The number of carbonyl (C=O) groups excluding carboxylic acids is 1. The highest BCUT2D eigenvalue weighted by molar-refractivity contribution is 5.86. The quantitative estimate of drug-likeness (QED) is 0.642. The first kappa shape index (κ1) is 21.2. The number of aromatic nitrogens is 1. The zero-order valence-electron chi connectivity index (χ0n) is 18.6. The Morgan fingerprint density at radius 2 is 1.74 bits per heavy atom. The van der Waals surface area contributed by atoms with Crippen LogP contribution in [0.3, 0.4) is 0 Å². The average Bonchev–Trinajstić information content (AvgIpc) is 3.20. The molecule has 1 N–H and O–H groups in total. The number of carbonyl (C=O) groups is 1. The Balaban J connectivity index is 1.74. The Bertz CT molecular complexity index is 1030. The minimum atomic E-state index is -0.138. The lowest BCUT2D eigenvalue weighted by atomic mass is 9.87. The molecule has 2 aromatic carbocycles. The molecular weight excluding hydrogens is 392 g/mol. The van der Waals surface area contributed by atoms with Gasteiger partial charge in [-0.15, -0.1) is 0 Å². The standard InChI is InChI=1S/C25H30N2O4/c1-16-14-27(15-17(2)31-16)25(28)12-22(18-9-19(29-3)11-20(10-18)30-4)23-13-26-24-8-6-5-7-21(23)24/h5-11,13,16-17,22,26H,12,14-15H2,1-4H3. The second kappa shape index (κ2) is 9.02. The van der Waals surface area contributed by atoms with Crippen LogP contribution in [0.1, 0.15) is 37.3 Å². The number of nitrogens with one attached hydrogen (secondary N) is 1. The van der Waals surface area contributed by atoms with Gasteiger partial charge in [0.2, 0.25) is 5.91 Å². The van der Waals surface area contributed by atoms with Crippen LogP contribution in [-0.4, -0.2) is 55.3 Å². The zero-order valence-corrected chi connectivity index (χ0v) is 18.6. The van der Waals surface area contributed by atoms with Gasteiger partial charge in [0, 0.05) is 48.6 Å². The molecule has 3 unspecified atom stereocenters. The van der Waals surface area contributed by atoms with Gasteiger partial charge in [0.25, 0.3) is 0 Å². The Hall–Kier alpha value is -2.99. The van der Waals surface area contributed by atoms with Gasteiger partial charge in [0.1, 0.15) is 11.5 Å². The summed E-state index contributed by atoms with van der Waals surface area (Å²) < 4.78 is 16.8. The van der Waals surface area contributed by atoms with Gasteiger partial charge in [-0.05, 0) is 43.2 Å². The van der Waals surface area contributed by atoms with Crippen LogP contribution in [0, 0.1) is 0 Å². The topological polar surface area (TPSA) is 63.8 Å². The van der Waals surface area contributed by atoms with E-state index in [1.165, 1.54) is 0 Å². The third-order valence-corrected chi connectivity index (χ3v) is 5.92. The number of morpholine rings is 1. The van der Waals surface area contributed by atoms with E-state index in [1.54, 1.807) is 14.2 Å². The van der Waals surface area contributed by atoms with Crippen molar-refractivity contribution in [3.63, 3.8) is 0 Å². The second-order valence-electron chi connectivity index (χ2n) is 8.25. The van der Waals surface area contributed by atoms with Gasteiger partial charge in [-0.2, -0.15) is 0 Å². The van der Waals surface area contributed by atoms with Gasteiger partial charge in [0.05, 0.1) is 26.4 Å². The molecule has 4 rings (SSSR count). The molecule has 2 heterocycles. The molecule has 31 heavy (non-hydrogen) atoms. The van der Waals surface area contributed by atoms with Gasteiger partial charge in [-0.1, -0.05) is 18.2 Å². The first-order valence-electron chi connectivity index (χ1n) is 10.7. The maximum absolute atomic E-state index is 13.4. The van der Waals surface area contributed by atoms with Crippen molar-refractivity contribution in [2.24, 2.45) is 0 Å². The lowest BCUT2D eigenvalue weighted by molar-refractivity contribution is -0.143. The molecule has 0 bridgehead atoms. The normalized spacial score (nSPS) is 19.9. The maximum Gasteiger partial charge on any atom is 0.223 e. The summed E-state index contributed by atoms with van der Waals surface area (Å²) in [5, 5.41) is 1.12. The van der Waals surface area contributed by atoms with Crippen molar-refractivity contribution in [2.75, 3.05) is 27.3 Å². The number of aromatic amines is 1. The first-order valence-corrected chi connectivity index (χ1v) is 10.7. The first-order chi connectivity index (χ1) is 15.0. The lowest BCUT2D eigenvalue weighted by Crippen LogP contribution is -2.48. The number of hydrogen-bond acceptors (Lipinski definition) is 4.